The van der Waals surface area contributed by atoms with Crippen LogP contribution in [0.5, 0.6) is 0 Å². The maximum absolute atomic E-state index is 6.58. The Morgan fingerprint density at radius 1 is 0.261 bits per heavy atom. The second-order valence-corrected chi connectivity index (χ2v) is 17.8. The van der Waals surface area contributed by atoms with Crippen molar-refractivity contribution in [1.82, 2.24) is 19.1 Å². The van der Waals surface area contributed by atoms with Gasteiger partial charge in [0.1, 0.15) is 11.2 Å². The van der Waals surface area contributed by atoms with Crippen LogP contribution in [0.25, 0.3) is 133 Å². The summed E-state index contributed by atoms with van der Waals surface area (Å²) in [5.41, 5.74) is 18.0. The fourth-order valence-corrected chi connectivity index (χ4v) is 10.4. The van der Waals surface area contributed by atoms with Gasteiger partial charge in [-0.05, 0) is 119 Å². The summed E-state index contributed by atoms with van der Waals surface area (Å²) in [6.07, 6.45) is 0. The Morgan fingerprint density at radius 2 is 0.681 bits per heavy atom. The molecule has 0 saturated heterocycles. The van der Waals surface area contributed by atoms with Crippen LogP contribution in [-0.4, -0.2) is 19.1 Å². The van der Waals surface area contributed by atoms with E-state index in [1.807, 2.05) is 36.4 Å². The molecule has 0 bridgehead atoms. The molecule has 4 aromatic heterocycles. The van der Waals surface area contributed by atoms with Gasteiger partial charge in [0.15, 0.2) is 5.82 Å². The van der Waals surface area contributed by atoms with Crippen molar-refractivity contribution in [2.75, 3.05) is 0 Å². The van der Waals surface area contributed by atoms with Gasteiger partial charge in [-0.25, -0.2) is 9.97 Å². The summed E-state index contributed by atoms with van der Waals surface area (Å²) < 4.78 is 11.3. The minimum atomic E-state index is 0.653. The number of para-hydroxylation sites is 3. The minimum absolute atomic E-state index is 0.653. The summed E-state index contributed by atoms with van der Waals surface area (Å²) in [5.74, 6) is 0.653. The molecule has 0 atom stereocenters. The summed E-state index contributed by atoms with van der Waals surface area (Å²) in [6.45, 7) is 0. The number of aromatic nitrogens is 4. The number of nitrogens with zero attached hydrogens (tertiary/aromatic N) is 4. The van der Waals surface area contributed by atoms with Crippen LogP contribution in [0.2, 0.25) is 0 Å². The highest BCUT2D eigenvalue weighted by molar-refractivity contribution is 6.14. The molecular weight excluding hydrogens is 841 g/mol. The molecule has 10 aromatic carbocycles. The van der Waals surface area contributed by atoms with Gasteiger partial charge in [0.05, 0.1) is 33.5 Å². The third kappa shape index (κ3) is 6.47. The lowest BCUT2D eigenvalue weighted by Gasteiger charge is -2.09. The van der Waals surface area contributed by atoms with Gasteiger partial charge in [-0.2, -0.15) is 0 Å². The van der Waals surface area contributed by atoms with Crippen LogP contribution in [-0.2, 0) is 0 Å². The van der Waals surface area contributed by atoms with Crippen LogP contribution in [0.15, 0.2) is 247 Å². The molecule has 0 radical (unpaired) electrons. The van der Waals surface area contributed by atoms with Crippen LogP contribution < -0.4 is 0 Å². The first-order valence-corrected chi connectivity index (χ1v) is 23.4. The molecule has 0 aliphatic heterocycles. The van der Waals surface area contributed by atoms with Crippen molar-refractivity contribution in [2.45, 2.75) is 0 Å². The molecule has 0 aliphatic carbocycles. The van der Waals surface area contributed by atoms with E-state index in [2.05, 4.69) is 215 Å². The number of hydrogen-bond donors (Lipinski definition) is 0. The molecule has 0 N–H and O–H groups in total. The monoisotopic (exact) mass is 880 g/mol. The van der Waals surface area contributed by atoms with Crippen LogP contribution in [0.4, 0.5) is 0 Å². The van der Waals surface area contributed by atoms with Gasteiger partial charge in [-0.15, -0.1) is 0 Å². The molecular formula is C64H40N4O. The van der Waals surface area contributed by atoms with E-state index in [1.54, 1.807) is 0 Å². The minimum Gasteiger partial charge on any atom is -0.456 e. The highest BCUT2D eigenvalue weighted by atomic mass is 16.3. The van der Waals surface area contributed by atoms with E-state index >= 15 is 0 Å². The Bertz CT molecular complexity index is 4230. The number of furan rings is 1. The van der Waals surface area contributed by atoms with Crippen LogP contribution in [0.3, 0.4) is 0 Å². The molecule has 5 heteroatoms. The normalized spacial score (nSPS) is 11.8. The second kappa shape index (κ2) is 15.7. The largest absolute Gasteiger partial charge is 0.456 e. The summed E-state index contributed by atoms with van der Waals surface area (Å²) in [7, 11) is 0. The van der Waals surface area contributed by atoms with Crippen molar-refractivity contribution in [3.05, 3.63) is 243 Å². The lowest BCUT2D eigenvalue weighted by molar-refractivity contribution is 0.669. The zero-order chi connectivity index (χ0) is 45.4. The zero-order valence-electron chi connectivity index (χ0n) is 37.3. The molecule has 0 spiro atoms. The van der Waals surface area contributed by atoms with Crippen molar-refractivity contribution in [3.8, 4) is 67.5 Å². The van der Waals surface area contributed by atoms with Crippen LogP contribution >= 0.6 is 0 Å². The van der Waals surface area contributed by atoms with Gasteiger partial charge >= 0.3 is 0 Å². The van der Waals surface area contributed by atoms with Gasteiger partial charge in [-0.3, -0.25) is 0 Å². The number of hydrogen-bond acceptors (Lipinski definition) is 3. The van der Waals surface area contributed by atoms with Gasteiger partial charge in [0.25, 0.3) is 0 Å². The summed E-state index contributed by atoms with van der Waals surface area (Å²) >= 11 is 0. The first kappa shape index (κ1) is 38.9. The Labute approximate surface area is 397 Å². The molecule has 322 valence electrons. The third-order valence-corrected chi connectivity index (χ3v) is 13.7. The quantitative estimate of drug-likeness (QED) is 0.160. The Morgan fingerprint density at radius 3 is 1.22 bits per heavy atom. The fraction of sp³-hybridized carbons (Fsp3) is 0. The molecule has 4 heterocycles. The maximum Gasteiger partial charge on any atom is 0.160 e. The van der Waals surface area contributed by atoms with E-state index in [1.165, 1.54) is 49.2 Å². The zero-order valence-corrected chi connectivity index (χ0v) is 37.3. The number of benzene rings is 10. The average molecular weight is 881 g/mol. The first-order chi connectivity index (χ1) is 34.2. The molecule has 0 fully saturated rings. The summed E-state index contributed by atoms with van der Waals surface area (Å²) in [6, 6.07) is 86.3. The van der Waals surface area contributed by atoms with Crippen molar-refractivity contribution in [3.63, 3.8) is 0 Å². The van der Waals surface area contributed by atoms with E-state index < -0.39 is 0 Å². The molecule has 0 aliphatic rings. The lowest BCUT2D eigenvalue weighted by atomic mass is 9.98. The Kier molecular flexibility index (Phi) is 8.83. The molecule has 0 unspecified atom stereocenters. The topological polar surface area (TPSA) is 48.8 Å². The predicted molar refractivity (Wildman–Crippen MR) is 285 cm³/mol. The highest BCUT2D eigenvalue weighted by Gasteiger charge is 2.19. The standard InChI is InChI=1S/C64H40N4O/c1-5-15-41(16-6-1)56-40-57(42-17-7-2-8-18-42)66-64(65-56)47-25-30-51-55-38-46(29-34-62(55)69-63(51)39-47)45-28-33-61-54(37-45)53-36-44(27-32-60(53)68(61)49-21-11-4-12-22-49)43-26-31-59-52(35-43)50-23-13-14-24-58(50)67(59)48-19-9-3-10-20-48/h1-40H. The third-order valence-electron chi connectivity index (χ3n) is 13.7. The predicted octanol–water partition coefficient (Wildman–Crippen LogP) is 16.9. The van der Waals surface area contributed by atoms with Crippen molar-refractivity contribution in [2.24, 2.45) is 0 Å². The van der Waals surface area contributed by atoms with Crippen molar-refractivity contribution < 1.29 is 4.42 Å². The van der Waals surface area contributed by atoms with Crippen LogP contribution in [0.1, 0.15) is 0 Å². The number of fused-ring (bicyclic) bond motifs is 9. The van der Waals surface area contributed by atoms with Crippen molar-refractivity contribution >= 4 is 65.6 Å². The molecule has 69 heavy (non-hydrogen) atoms. The lowest BCUT2D eigenvalue weighted by Crippen LogP contribution is -1.95. The summed E-state index contributed by atoms with van der Waals surface area (Å²) in [4.78, 5) is 10.2. The Balaban J connectivity index is 0.881. The second-order valence-electron chi connectivity index (χ2n) is 17.8. The van der Waals surface area contributed by atoms with E-state index in [9.17, 15) is 0 Å². The fourth-order valence-electron chi connectivity index (χ4n) is 10.4. The highest BCUT2D eigenvalue weighted by Crippen LogP contribution is 2.41. The van der Waals surface area contributed by atoms with E-state index in [0.29, 0.717) is 5.82 Å². The van der Waals surface area contributed by atoms with Gasteiger partial charge in [-0.1, -0.05) is 146 Å². The average Bonchev–Trinajstić information content (AvgIpc) is 4.08. The smallest absolute Gasteiger partial charge is 0.160 e. The van der Waals surface area contributed by atoms with Gasteiger partial charge in [0, 0.05) is 60.4 Å². The molecule has 5 nitrogen and oxygen atoms in total. The maximum atomic E-state index is 6.58. The first-order valence-electron chi connectivity index (χ1n) is 23.4. The molecule has 0 amide bonds. The summed E-state index contributed by atoms with van der Waals surface area (Å²) in [5, 5.41) is 7.00. The SMILES string of the molecule is c1ccc(-c2cc(-c3ccccc3)nc(-c3ccc4c(c3)oc3ccc(-c5ccc6c(c5)c5cc(-c7ccc8c(c7)c7ccccc7n8-c7ccccc7)ccc5n6-c5ccccc5)cc34)n2)cc1. The van der Waals surface area contributed by atoms with Crippen molar-refractivity contribution in [1.29, 1.82) is 0 Å². The molecule has 14 aromatic rings. The van der Waals surface area contributed by atoms with E-state index in [4.69, 9.17) is 14.4 Å². The van der Waals surface area contributed by atoms with Gasteiger partial charge < -0.3 is 13.6 Å². The van der Waals surface area contributed by atoms with E-state index in [-0.39, 0.29) is 0 Å². The van der Waals surface area contributed by atoms with Crippen LogP contribution in [0, 0.1) is 0 Å². The number of rotatable bonds is 7. The Hall–Kier alpha value is -9.32. The van der Waals surface area contributed by atoms with Gasteiger partial charge in [0.2, 0.25) is 0 Å². The molecule has 14 rings (SSSR count). The molecule has 0 saturated carbocycles. The van der Waals surface area contributed by atoms with E-state index in [0.717, 1.165) is 78.0 Å².